The van der Waals surface area contributed by atoms with Gasteiger partial charge in [-0.3, -0.25) is 14.4 Å². The molecule has 2 atom stereocenters. The van der Waals surface area contributed by atoms with Crippen LogP contribution in [0.2, 0.25) is 0 Å². The van der Waals surface area contributed by atoms with Gasteiger partial charge in [-0.15, -0.1) is 0 Å². The normalized spacial score (nSPS) is 13.2. The zero-order chi connectivity index (χ0) is 22.3. The molecule has 2 amide bonds. The number of benzene rings is 2. The van der Waals surface area contributed by atoms with Gasteiger partial charge in [0.25, 0.3) is 5.91 Å². The van der Waals surface area contributed by atoms with Gasteiger partial charge in [0, 0.05) is 0 Å². The largest absolute Gasteiger partial charge is 0.461 e. The van der Waals surface area contributed by atoms with Gasteiger partial charge >= 0.3 is 12.1 Å². The fraction of sp³-hybridized carbons (Fsp3) is 0.250. The van der Waals surface area contributed by atoms with Crippen molar-refractivity contribution in [2.24, 2.45) is 5.73 Å². The first-order valence-corrected chi connectivity index (χ1v) is 8.72. The molecule has 0 fully saturated rings. The van der Waals surface area contributed by atoms with E-state index in [-0.39, 0.29) is 12.2 Å². The van der Waals surface area contributed by atoms with Gasteiger partial charge in [-0.25, -0.2) is 0 Å². The van der Waals surface area contributed by atoms with E-state index in [0.29, 0.717) is 17.7 Å². The molecule has 160 valence electrons. The van der Waals surface area contributed by atoms with Gasteiger partial charge in [0.1, 0.15) is 12.6 Å². The number of ether oxygens (including phenoxy) is 1. The standard InChI is InChI=1S/C20H19F3N2O5/c21-20(22,23)14-8-6-13(7-9-14)17(27)19(29)25-15(18(24)28)10-16(26)30-11-12-4-2-1-3-5-12/h1-9,15,17,27H,10-11H2,(H2,24,28)(H,25,29)/t15-,17-/m0/s1. The summed E-state index contributed by atoms with van der Waals surface area (Å²) < 4.78 is 42.8. The molecule has 0 saturated heterocycles. The number of aliphatic hydroxyl groups is 1. The molecular weight excluding hydrogens is 405 g/mol. The number of primary amides is 1. The van der Waals surface area contributed by atoms with E-state index in [9.17, 15) is 32.7 Å². The minimum Gasteiger partial charge on any atom is -0.461 e. The Morgan fingerprint density at radius 1 is 1.03 bits per heavy atom. The van der Waals surface area contributed by atoms with Gasteiger partial charge in [0.15, 0.2) is 6.10 Å². The smallest absolute Gasteiger partial charge is 0.416 e. The number of amides is 2. The third-order valence-electron chi connectivity index (χ3n) is 4.08. The van der Waals surface area contributed by atoms with Crippen molar-refractivity contribution in [3.8, 4) is 0 Å². The van der Waals surface area contributed by atoms with E-state index in [1.807, 2.05) is 0 Å². The average Bonchev–Trinajstić information content (AvgIpc) is 2.71. The number of carbonyl (C=O) groups is 3. The second-order valence-corrected chi connectivity index (χ2v) is 6.34. The number of hydrogen-bond donors (Lipinski definition) is 3. The second kappa shape index (κ2) is 9.88. The summed E-state index contributed by atoms with van der Waals surface area (Å²) >= 11 is 0. The first-order chi connectivity index (χ1) is 14.1. The monoisotopic (exact) mass is 424 g/mol. The molecule has 0 aliphatic carbocycles. The average molecular weight is 424 g/mol. The summed E-state index contributed by atoms with van der Waals surface area (Å²) in [6, 6.07) is 10.5. The number of halogens is 3. The molecule has 0 aromatic heterocycles. The van der Waals surface area contributed by atoms with Crippen LogP contribution >= 0.6 is 0 Å². The Morgan fingerprint density at radius 2 is 1.63 bits per heavy atom. The van der Waals surface area contributed by atoms with Crippen LogP contribution in [0.4, 0.5) is 13.2 Å². The third kappa shape index (κ3) is 6.59. The van der Waals surface area contributed by atoms with Gasteiger partial charge in [-0.1, -0.05) is 42.5 Å². The third-order valence-corrected chi connectivity index (χ3v) is 4.08. The van der Waals surface area contributed by atoms with Gasteiger partial charge in [-0.05, 0) is 23.3 Å². The highest BCUT2D eigenvalue weighted by molar-refractivity contribution is 5.91. The summed E-state index contributed by atoms with van der Waals surface area (Å²) in [5.74, 6) is -2.96. The molecule has 7 nitrogen and oxygen atoms in total. The lowest BCUT2D eigenvalue weighted by Gasteiger charge is -2.18. The van der Waals surface area contributed by atoms with Gasteiger partial charge < -0.3 is 20.9 Å². The highest BCUT2D eigenvalue weighted by Crippen LogP contribution is 2.30. The summed E-state index contributed by atoms with van der Waals surface area (Å²) in [6.07, 6.45) is -7.01. The Balaban J connectivity index is 1.95. The molecule has 2 aromatic carbocycles. The van der Waals surface area contributed by atoms with E-state index < -0.39 is 48.1 Å². The van der Waals surface area contributed by atoms with E-state index >= 15 is 0 Å². The maximum atomic E-state index is 12.6. The van der Waals surface area contributed by atoms with Crippen LogP contribution in [0.1, 0.15) is 29.2 Å². The Labute approximate surface area is 169 Å². The number of nitrogens with two attached hydrogens (primary N) is 1. The number of rotatable bonds is 8. The molecule has 2 aromatic rings. The van der Waals surface area contributed by atoms with Gasteiger partial charge in [0.2, 0.25) is 5.91 Å². The summed E-state index contributed by atoms with van der Waals surface area (Å²) in [7, 11) is 0. The molecule has 10 heteroatoms. The molecule has 0 saturated carbocycles. The predicted octanol–water partition coefficient (Wildman–Crippen LogP) is 1.84. The fourth-order valence-electron chi connectivity index (χ4n) is 2.44. The Hall–Kier alpha value is -3.40. The van der Waals surface area contributed by atoms with E-state index in [0.717, 1.165) is 12.1 Å². The maximum Gasteiger partial charge on any atom is 0.416 e. The number of hydrogen-bond acceptors (Lipinski definition) is 5. The number of aliphatic hydroxyl groups excluding tert-OH is 1. The first kappa shape index (κ1) is 22.9. The van der Waals surface area contributed by atoms with Crippen molar-refractivity contribution < 1.29 is 37.4 Å². The van der Waals surface area contributed by atoms with Crippen molar-refractivity contribution in [3.63, 3.8) is 0 Å². The van der Waals surface area contributed by atoms with Crippen LogP contribution in [0, 0.1) is 0 Å². The second-order valence-electron chi connectivity index (χ2n) is 6.34. The van der Waals surface area contributed by atoms with Crippen molar-refractivity contribution in [1.82, 2.24) is 5.32 Å². The summed E-state index contributed by atoms with van der Waals surface area (Å²) in [6.45, 7) is -0.0483. The Kier molecular flexibility index (Phi) is 7.54. The van der Waals surface area contributed by atoms with Crippen LogP contribution in [-0.2, 0) is 31.9 Å². The van der Waals surface area contributed by atoms with E-state index in [4.69, 9.17) is 10.5 Å². The van der Waals surface area contributed by atoms with Crippen LogP contribution in [0.5, 0.6) is 0 Å². The summed E-state index contributed by atoms with van der Waals surface area (Å²) in [5.41, 5.74) is 4.81. The molecule has 0 radical (unpaired) electrons. The van der Waals surface area contributed by atoms with Crippen molar-refractivity contribution in [1.29, 1.82) is 0 Å². The highest BCUT2D eigenvalue weighted by atomic mass is 19.4. The molecule has 0 spiro atoms. The molecule has 0 aliphatic heterocycles. The molecule has 4 N–H and O–H groups in total. The predicted molar refractivity (Wildman–Crippen MR) is 98.4 cm³/mol. The van der Waals surface area contributed by atoms with Crippen LogP contribution in [-0.4, -0.2) is 28.9 Å². The minimum atomic E-state index is -4.57. The topological polar surface area (TPSA) is 119 Å². The van der Waals surface area contributed by atoms with Crippen LogP contribution in [0.25, 0.3) is 0 Å². The number of esters is 1. The number of carbonyl (C=O) groups excluding carboxylic acids is 3. The lowest BCUT2D eigenvalue weighted by molar-refractivity contribution is -0.147. The Bertz CT molecular complexity index is 886. The minimum absolute atomic E-state index is 0.0483. The van der Waals surface area contributed by atoms with Crippen LogP contribution < -0.4 is 11.1 Å². The number of nitrogens with one attached hydrogen (secondary N) is 1. The quantitative estimate of drug-likeness (QED) is 0.559. The first-order valence-electron chi connectivity index (χ1n) is 8.72. The number of alkyl halides is 3. The molecule has 30 heavy (non-hydrogen) atoms. The Morgan fingerprint density at radius 3 is 2.17 bits per heavy atom. The molecule has 0 bridgehead atoms. The van der Waals surface area contributed by atoms with Gasteiger partial charge in [-0.2, -0.15) is 13.2 Å². The molecule has 2 rings (SSSR count). The van der Waals surface area contributed by atoms with E-state index in [1.54, 1.807) is 30.3 Å². The summed E-state index contributed by atoms with van der Waals surface area (Å²) in [4.78, 5) is 35.6. The van der Waals surface area contributed by atoms with Gasteiger partial charge in [0.05, 0.1) is 12.0 Å². The molecule has 0 aliphatic rings. The van der Waals surface area contributed by atoms with Crippen molar-refractivity contribution in [2.75, 3.05) is 0 Å². The lowest BCUT2D eigenvalue weighted by atomic mass is 10.1. The summed E-state index contributed by atoms with van der Waals surface area (Å²) in [5, 5.41) is 12.1. The molecule has 0 heterocycles. The fourth-order valence-corrected chi connectivity index (χ4v) is 2.44. The van der Waals surface area contributed by atoms with Crippen molar-refractivity contribution in [2.45, 2.75) is 31.3 Å². The van der Waals surface area contributed by atoms with Crippen LogP contribution in [0.15, 0.2) is 54.6 Å². The zero-order valence-corrected chi connectivity index (χ0v) is 15.6. The zero-order valence-electron chi connectivity index (χ0n) is 15.6. The highest BCUT2D eigenvalue weighted by Gasteiger charge is 2.31. The van der Waals surface area contributed by atoms with Crippen LogP contribution in [0.3, 0.4) is 0 Å². The van der Waals surface area contributed by atoms with E-state index in [2.05, 4.69) is 5.32 Å². The van der Waals surface area contributed by atoms with E-state index in [1.165, 1.54) is 0 Å². The molecule has 0 unspecified atom stereocenters. The lowest BCUT2D eigenvalue weighted by Crippen LogP contribution is -2.47. The molecular formula is C20H19F3N2O5. The van der Waals surface area contributed by atoms with Crippen molar-refractivity contribution in [3.05, 3.63) is 71.3 Å². The SMILES string of the molecule is NC(=O)[C@H](CC(=O)OCc1ccccc1)NC(=O)[C@@H](O)c1ccc(C(F)(F)F)cc1. The van der Waals surface area contributed by atoms with Crippen molar-refractivity contribution >= 4 is 17.8 Å². The maximum absolute atomic E-state index is 12.6.